The second-order valence-corrected chi connectivity index (χ2v) is 8.98. The van der Waals surface area contributed by atoms with Crippen molar-refractivity contribution in [2.45, 2.75) is 61.0 Å². The Morgan fingerprint density at radius 3 is 2.68 bits per heavy atom. The topological polar surface area (TPSA) is 104 Å². The molecule has 2 aromatic rings. The highest BCUT2D eigenvalue weighted by atomic mass is 32.2. The Morgan fingerprint density at radius 1 is 1.23 bits per heavy atom. The van der Waals surface area contributed by atoms with Gasteiger partial charge in [0.05, 0.1) is 0 Å². The van der Waals surface area contributed by atoms with E-state index < -0.39 is 5.54 Å². The van der Waals surface area contributed by atoms with Gasteiger partial charge in [-0.25, -0.2) is 14.8 Å². The Bertz CT molecular complexity index is 992. The molecule has 1 aromatic heterocycles. The number of hydrogen-bond acceptors (Lipinski definition) is 6. The third kappa shape index (κ3) is 4.71. The number of carbonyl (C=O) groups is 3. The van der Waals surface area contributed by atoms with E-state index in [0.29, 0.717) is 24.4 Å². The number of nitrogens with one attached hydrogen (secondary N) is 2. The van der Waals surface area contributed by atoms with Crippen LogP contribution in [0.1, 0.15) is 44.1 Å². The molecule has 1 aliphatic carbocycles. The fourth-order valence-electron chi connectivity index (χ4n) is 4.09. The van der Waals surface area contributed by atoms with E-state index in [-0.39, 0.29) is 30.8 Å². The second-order valence-electron chi connectivity index (χ2n) is 7.94. The molecule has 2 N–H and O–H groups in total. The lowest BCUT2D eigenvalue weighted by Gasteiger charge is -2.20. The van der Waals surface area contributed by atoms with Crippen LogP contribution in [0.2, 0.25) is 0 Å². The summed E-state index contributed by atoms with van der Waals surface area (Å²) in [6, 6.07) is 7.19. The number of aryl methyl sites for hydroxylation is 1. The van der Waals surface area contributed by atoms with Crippen LogP contribution in [-0.2, 0) is 9.59 Å². The summed E-state index contributed by atoms with van der Waals surface area (Å²) in [4.78, 5) is 47.9. The van der Waals surface area contributed by atoms with Gasteiger partial charge < -0.3 is 10.6 Å². The Labute approximate surface area is 185 Å². The van der Waals surface area contributed by atoms with Crippen molar-refractivity contribution in [3.05, 3.63) is 42.2 Å². The molecule has 8 nitrogen and oxygen atoms in total. The molecule has 4 rings (SSSR count). The second kappa shape index (κ2) is 9.05. The van der Waals surface area contributed by atoms with Gasteiger partial charge in [0, 0.05) is 35.9 Å². The predicted molar refractivity (Wildman–Crippen MR) is 117 cm³/mol. The maximum absolute atomic E-state index is 12.6. The highest BCUT2D eigenvalue weighted by molar-refractivity contribution is 7.99. The van der Waals surface area contributed by atoms with E-state index in [1.807, 2.05) is 25.1 Å². The van der Waals surface area contributed by atoms with Gasteiger partial charge in [0.1, 0.15) is 5.54 Å². The number of nitrogens with zero attached hydrogens (tertiary/aromatic N) is 3. The minimum atomic E-state index is -0.693. The minimum absolute atomic E-state index is 0.137. The number of amides is 4. The van der Waals surface area contributed by atoms with Crippen molar-refractivity contribution in [3.63, 3.8) is 0 Å². The summed E-state index contributed by atoms with van der Waals surface area (Å²) in [6.07, 6.45) is 7.39. The molecular formula is C22H25N5O3S. The van der Waals surface area contributed by atoms with Crippen LogP contribution in [0.5, 0.6) is 0 Å². The predicted octanol–water partition coefficient (Wildman–Crippen LogP) is 3.52. The Kier molecular flexibility index (Phi) is 6.22. The first-order valence-electron chi connectivity index (χ1n) is 10.5. The summed E-state index contributed by atoms with van der Waals surface area (Å²) in [5.41, 5.74) is 0.982. The number of benzene rings is 1. The standard InChI is InChI=1S/C22H25N5O3S/c1-15-14-16(31-20-23-11-5-12-24-20)7-8-17(15)25-18(28)6-4-13-27-19(29)22(26-21(27)30)9-2-3-10-22/h5,7-8,11-12,14H,2-4,6,9-10,13H2,1H3,(H,25,28)(H,26,30). The first-order valence-corrected chi connectivity index (χ1v) is 11.3. The summed E-state index contributed by atoms with van der Waals surface area (Å²) in [5.74, 6) is -0.278. The molecule has 1 saturated heterocycles. The molecule has 1 saturated carbocycles. The molecule has 9 heteroatoms. The summed E-state index contributed by atoms with van der Waals surface area (Å²) in [6.45, 7) is 2.19. The van der Waals surface area contributed by atoms with Gasteiger partial charge in [-0.1, -0.05) is 12.8 Å². The average molecular weight is 440 g/mol. The number of urea groups is 1. The Morgan fingerprint density at radius 2 is 1.97 bits per heavy atom. The lowest BCUT2D eigenvalue weighted by Crippen LogP contribution is -2.44. The molecule has 2 aliphatic rings. The van der Waals surface area contributed by atoms with Crippen LogP contribution in [0.25, 0.3) is 0 Å². The van der Waals surface area contributed by atoms with E-state index in [4.69, 9.17) is 0 Å². The van der Waals surface area contributed by atoms with Crippen LogP contribution in [0.4, 0.5) is 10.5 Å². The minimum Gasteiger partial charge on any atom is -0.326 e. The van der Waals surface area contributed by atoms with Gasteiger partial charge in [-0.15, -0.1) is 0 Å². The van der Waals surface area contributed by atoms with E-state index in [1.165, 1.54) is 16.7 Å². The van der Waals surface area contributed by atoms with Crippen molar-refractivity contribution < 1.29 is 14.4 Å². The molecule has 2 heterocycles. The third-order valence-electron chi connectivity index (χ3n) is 5.71. The zero-order chi connectivity index (χ0) is 21.8. The third-order valence-corrected chi connectivity index (χ3v) is 6.59. The smallest absolute Gasteiger partial charge is 0.325 e. The van der Waals surface area contributed by atoms with Crippen molar-refractivity contribution >= 4 is 35.3 Å². The molecular weight excluding hydrogens is 414 g/mol. The van der Waals surface area contributed by atoms with Gasteiger partial charge >= 0.3 is 6.03 Å². The zero-order valence-electron chi connectivity index (χ0n) is 17.4. The molecule has 31 heavy (non-hydrogen) atoms. The van der Waals surface area contributed by atoms with Crippen LogP contribution in [0, 0.1) is 6.92 Å². The summed E-state index contributed by atoms with van der Waals surface area (Å²) in [5, 5.41) is 6.44. The number of hydrogen-bond donors (Lipinski definition) is 2. The summed E-state index contributed by atoms with van der Waals surface area (Å²) < 4.78 is 0. The van der Waals surface area contributed by atoms with Crippen LogP contribution >= 0.6 is 11.8 Å². The fraction of sp³-hybridized carbons (Fsp3) is 0.409. The van der Waals surface area contributed by atoms with E-state index in [0.717, 1.165) is 29.0 Å². The van der Waals surface area contributed by atoms with E-state index >= 15 is 0 Å². The summed E-state index contributed by atoms with van der Waals surface area (Å²) >= 11 is 1.46. The number of imide groups is 1. The largest absolute Gasteiger partial charge is 0.326 e. The molecule has 0 radical (unpaired) electrons. The molecule has 0 atom stereocenters. The zero-order valence-corrected chi connectivity index (χ0v) is 18.2. The first kappa shape index (κ1) is 21.3. The fourth-order valence-corrected chi connectivity index (χ4v) is 4.90. The van der Waals surface area contributed by atoms with E-state index in [9.17, 15) is 14.4 Å². The highest BCUT2D eigenvalue weighted by Crippen LogP contribution is 2.35. The van der Waals surface area contributed by atoms with Crippen LogP contribution < -0.4 is 10.6 Å². The molecule has 162 valence electrons. The van der Waals surface area contributed by atoms with Crippen molar-refractivity contribution in [1.82, 2.24) is 20.2 Å². The Balaban J connectivity index is 1.27. The number of carbonyl (C=O) groups excluding carboxylic acids is 3. The lowest BCUT2D eigenvalue weighted by molar-refractivity contribution is -0.131. The molecule has 1 aliphatic heterocycles. The number of anilines is 1. The van der Waals surface area contributed by atoms with E-state index in [2.05, 4.69) is 20.6 Å². The van der Waals surface area contributed by atoms with Gasteiger partial charge in [-0.05, 0) is 67.8 Å². The molecule has 0 bridgehead atoms. The van der Waals surface area contributed by atoms with Crippen LogP contribution in [-0.4, -0.2) is 44.8 Å². The maximum atomic E-state index is 12.6. The van der Waals surface area contributed by atoms with Gasteiger partial charge in [0.15, 0.2) is 5.16 Å². The van der Waals surface area contributed by atoms with Gasteiger partial charge in [-0.3, -0.25) is 14.5 Å². The number of rotatable bonds is 7. The monoisotopic (exact) mass is 439 g/mol. The molecule has 1 spiro atoms. The number of aromatic nitrogens is 2. The summed E-state index contributed by atoms with van der Waals surface area (Å²) in [7, 11) is 0. The molecule has 1 aromatic carbocycles. The lowest BCUT2D eigenvalue weighted by atomic mass is 9.98. The van der Waals surface area contributed by atoms with Crippen LogP contribution in [0.3, 0.4) is 0 Å². The van der Waals surface area contributed by atoms with Gasteiger partial charge in [-0.2, -0.15) is 0 Å². The van der Waals surface area contributed by atoms with Gasteiger partial charge in [0.2, 0.25) is 5.91 Å². The molecule has 4 amide bonds. The van der Waals surface area contributed by atoms with Crippen LogP contribution in [0.15, 0.2) is 46.7 Å². The average Bonchev–Trinajstić information content (AvgIpc) is 3.31. The maximum Gasteiger partial charge on any atom is 0.325 e. The van der Waals surface area contributed by atoms with E-state index in [1.54, 1.807) is 18.5 Å². The highest BCUT2D eigenvalue weighted by Gasteiger charge is 2.52. The van der Waals surface area contributed by atoms with Crippen molar-refractivity contribution in [2.75, 3.05) is 11.9 Å². The quantitative estimate of drug-likeness (QED) is 0.505. The normalized spacial score (nSPS) is 17.3. The van der Waals surface area contributed by atoms with Crippen molar-refractivity contribution in [1.29, 1.82) is 0 Å². The molecule has 0 unspecified atom stereocenters. The first-order chi connectivity index (χ1) is 15.0. The van der Waals surface area contributed by atoms with Gasteiger partial charge in [0.25, 0.3) is 5.91 Å². The van der Waals surface area contributed by atoms with Crippen molar-refractivity contribution in [2.24, 2.45) is 0 Å². The molecule has 2 fully saturated rings. The van der Waals surface area contributed by atoms with Crippen molar-refractivity contribution in [3.8, 4) is 0 Å². The Hall–Kier alpha value is -2.94. The SMILES string of the molecule is Cc1cc(Sc2ncccn2)ccc1NC(=O)CCCN1C(=O)NC2(CCCC2)C1=O.